The Morgan fingerprint density at radius 1 is 1.33 bits per heavy atom. The van der Waals surface area contributed by atoms with Crippen LogP contribution in [-0.4, -0.2) is 25.2 Å². The molecule has 0 saturated carbocycles. The number of carbonyl (C=O) groups excluding carboxylic acids is 1. The van der Waals surface area contributed by atoms with Gasteiger partial charge < -0.3 is 10.1 Å². The molecule has 0 aromatic rings. The molecular weight excluding hydrogens is 190 g/mol. The first-order chi connectivity index (χ1) is 6.79. The first-order valence-electron chi connectivity index (χ1n) is 5.67. The molecule has 0 bridgehead atoms. The van der Waals surface area contributed by atoms with Crippen molar-refractivity contribution in [1.29, 1.82) is 0 Å². The van der Waals surface area contributed by atoms with E-state index in [1.807, 2.05) is 20.8 Å². The van der Waals surface area contributed by atoms with E-state index in [9.17, 15) is 4.79 Å². The Morgan fingerprint density at radius 2 is 1.87 bits per heavy atom. The van der Waals surface area contributed by atoms with Gasteiger partial charge in [-0.25, -0.2) is 0 Å². The summed E-state index contributed by atoms with van der Waals surface area (Å²) in [5, 5.41) is 2.96. The third-order valence-corrected chi connectivity index (χ3v) is 2.65. The summed E-state index contributed by atoms with van der Waals surface area (Å²) < 4.78 is 5.25. The van der Waals surface area contributed by atoms with Crippen molar-refractivity contribution >= 4 is 5.91 Å². The van der Waals surface area contributed by atoms with Crippen LogP contribution in [0.2, 0.25) is 0 Å². The van der Waals surface area contributed by atoms with Gasteiger partial charge in [0.05, 0.1) is 6.61 Å². The van der Waals surface area contributed by atoms with Gasteiger partial charge in [-0.05, 0) is 19.3 Å². The molecule has 0 saturated heterocycles. The summed E-state index contributed by atoms with van der Waals surface area (Å²) in [4.78, 5) is 11.8. The molecule has 3 heteroatoms. The molecule has 0 aliphatic rings. The fourth-order valence-electron chi connectivity index (χ4n) is 1.10. The summed E-state index contributed by atoms with van der Waals surface area (Å²) in [7, 11) is 0. The first-order valence-corrected chi connectivity index (χ1v) is 5.67. The Hall–Kier alpha value is -0.570. The topological polar surface area (TPSA) is 38.3 Å². The van der Waals surface area contributed by atoms with Crippen molar-refractivity contribution in [1.82, 2.24) is 5.32 Å². The van der Waals surface area contributed by atoms with Crippen molar-refractivity contribution in [3.8, 4) is 0 Å². The first kappa shape index (κ1) is 14.4. The van der Waals surface area contributed by atoms with Crippen molar-refractivity contribution in [2.24, 2.45) is 11.3 Å². The van der Waals surface area contributed by atoms with E-state index >= 15 is 0 Å². The van der Waals surface area contributed by atoms with E-state index in [1.54, 1.807) is 0 Å². The molecule has 0 spiro atoms. The average Bonchev–Trinajstić information content (AvgIpc) is 2.11. The average molecular weight is 215 g/mol. The summed E-state index contributed by atoms with van der Waals surface area (Å²) in [6, 6.07) is 0.0854. The van der Waals surface area contributed by atoms with Crippen molar-refractivity contribution < 1.29 is 9.53 Å². The van der Waals surface area contributed by atoms with Crippen molar-refractivity contribution in [3.63, 3.8) is 0 Å². The quantitative estimate of drug-likeness (QED) is 0.763. The number of rotatable bonds is 5. The van der Waals surface area contributed by atoms with E-state index in [0.29, 0.717) is 13.2 Å². The minimum absolute atomic E-state index is 0.00934. The number of carbonyl (C=O) groups is 1. The van der Waals surface area contributed by atoms with E-state index in [-0.39, 0.29) is 23.3 Å². The maximum Gasteiger partial charge on any atom is 0.223 e. The van der Waals surface area contributed by atoms with Gasteiger partial charge in [0.1, 0.15) is 0 Å². The lowest BCUT2D eigenvalue weighted by Crippen LogP contribution is -2.42. The van der Waals surface area contributed by atoms with E-state index in [2.05, 4.69) is 26.1 Å². The summed E-state index contributed by atoms with van der Waals surface area (Å²) in [6.45, 7) is 13.4. The van der Waals surface area contributed by atoms with Crippen LogP contribution >= 0.6 is 0 Å². The molecule has 0 radical (unpaired) electrons. The largest absolute Gasteiger partial charge is 0.380 e. The lowest BCUT2D eigenvalue weighted by molar-refractivity contribution is -0.128. The number of hydrogen-bond donors (Lipinski definition) is 1. The molecule has 0 unspecified atom stereocenters. The van der Waals surface area contributed by atoms with Crippen LogP contribution in [0.1, 0.15) is 41.5 Å². The summed E-state index contributed by atoms with van der Waals surface area (Å²) in [5.41, 5.74) is 0.00934. The molecular formula is C12H25NO2. The highest BCUT2D eigenvalue weighted by Crippen LogP contribution is 2.25. The van der Waals surface area contributed by atoms with Gasteiger partial charge >= 0.3 is 0 Å². The van der Waals surface area contributed by atoms with Gasteiger partial charge in [-0.2, -0.15) is 0 Å². The molecule has 0 fully saturated rings. The van der Waals surface area contributed by atoms with Crippen molar-refractivity contribution in [2.75, 3.05) is 13.2 Å². The predicted molar refractivity (Wildman–Crippen MR) is 62.7 cm³/mol. The molecule has 0 heterocycles. The van der Waals surface area contributed by atoms with Crippen LogP contribution in [0.25, 0.3) is 0 Å². The van der Waals surface area contributed by atoms with E-state index < -0.39 is 0 Å². The normalized spacial score (nSPS) is 15.9. The molecule has 2 atom stereocenters. The van der Waals surface area contributed by atoms with Crippen LogP contribution in [0, 0.1) is 11.3 Å². The Balaban J connectivity index is 4.02. The maximum absolute atomic E-state index is 11.8. The Labute approximate surface area is 93.6 Å². The van der Waals surface area contributed by atoms with Crippen LogP contribution in [0.15, 0.2) is 0 Å². The SMILES string of the molecule is CCOC[C@H](C)NC(=O)[C@@H](C)C(C)(C)C. The highest BCUT2D eigenvalue weighted by atomic mass is 16.5. The molecule has 0 rings (SSSR count). The van der Waals surface area contributed by atoms with Crippen molar-refractivity contribution in [2.45, 2.75) is 47.6 Å². The number of nitrogens with one attached hydrogen (secondary N) is 1. The predicted octanol–water partition coefficient (Wildman–Crippen LogP) is 2.21. The van der Waals surface area contributed by atoms with Gasteiger partial charge in [0.25, 0.3) is 0 Å². The van der Waals surface area contributed by atoms with E-state index in [4.69, 9.17) is 4.74 Å². The van der Waals surface area contributed by atoms with Gasteiger partial charge in [-0.15, -0.1) is 0 Å². The van der Waals surface area contributed by atoms with Crippen molar-refractivity contribution in [3.05, 3.63) is 0 Å². The van der Waals surface area contributed by atoms with E-state index in [1.165, 1.54) is 0 Å². The third kappa shape index (κ3) is 5.78. The zero-order chi connectivity index (χ0) is 12.1. The van der Waals surface area contributed by atoms with Gasteiger partial charge in [0.15, 0.2) is 0 Å². The second-order valence-electron chi connectivity index (χ2n) is 5.16. The minimum atomic E-state index is 0.00934. The molecule has 0 aromatic carbocycles. The van der Waals surface area contributed by atoms with Crippen LogP contribution in [0.3, 0.4) is 0 Å². The monoisotopic (exact) mass is 215 g/mol. The fourth-order valence-corrected chi connectivity index (χ4v) is 1.10. The van der Waals surface area contributed by atoms with Gasteiger partial charge in [-0.1, -0.05) is 27.7 Å². The Morgan fingerprint density at radius 3 is 2.27 bits per heavy atom. The molecule has 0 aliphatic heterocycles. The van der Waals surface area contributed by atoms with Gasteiger partial charge in [0.2, 0.25) is 5.91 Å². The zero-order valence-corrected chi connectivity index (χ0v) is 10.9. The second kappa shape index (κ2) is 6.11. The molecule has 15 heavy (non-hydrogen) atoms. The maximum atomic E-state index is 11.8. The third-order valence-electron chi connectivity index (χ3n) is 2.65. The lowest BCUT2D eigenvalue weighted by Gasteiger charge is -2.27. The molecule has 1 amide bonds. The molecule has 90 valence electrons. The van der Waals surface area contributed by atoms with Crippen LogP contribution < -0.4 is 5.32 Å². The van der Waals surface area contributed by atoms with Crippen LogP contribution in [0.4, 0.5) is 0 Å². The second-order valence-corrected chi connectivity index (χ2v) is 5.16. The summed E-state index contributed by atoms with van der Waals surface area (Å²) in [6.07, 6.45) is 0. The lowest BCUT2D eigenvalue weighted by atomic mass is 9.81. The molecule has 1 N–H and O–H groups in total. The standard InChI is InChI=1S/C12H25NO2/c1-7-15-8-9(2)13-11(14)10(3)12(4,5)6/h9-10H,7-8H2,1-6H3,(H,13,14)/t9-,10+/m0/s1. The Bertz CT molecular complexity index is 196. The van der Waals surface area contributed by atoms with Crippen LogP contribution in [-0.2, 0) is 9.53 Å². The number of amides is 1. The molecule has 3 nitrogen and oxygen atoms in total. The highest BCUT2D eigenvalue weighted by molar-refractivity contribution is 5.79. The highest BCUT2D eigenvalue weighted by Gasteiger charge is 2.27. The molecule has 0 aliphatic carbocycles. The molecule has 0 aromatic heterocycles. The number of ether oxygens (including phenoxy) is 1. The Kier molecular flexibility index (Phi) is 5.88. The minimum Gasteiger partial charge on any atom is -0.380 e. The van der Waals surface area contributed by atoms with Gasteiger partial charge in [-0.3, -0.25) is 4.79 Å². The van der Waals surface area contributed by atoms with E-state index in [0.717, 1.165) is 0 Å². The summed E-state index contributed by atoms with van der Waals surface area (Å²) >= 11 is 0. The smallest absolute Gasteiger partial charge is 0.223 e. The summed E-state index contributed by atoms with van der Waals surface area (Å²) in [5.74, 6) is 0.122. The number of hydrogen-bond acceptors (Lipinski definition) is 2. The van der Waals surface area contributed by atoms with Crippen LogP contribution in [0.5, 0.6) is 0 Å². The zero-order valence-electron chi connectivity index (χ0n) is 10.9. The fraction of sp³-hybridized carbons (Fsp3) is 0.917. The van der Waals surface area contributed by atoms with Gasteiger partial charge in [0, 0.05) is 18.6 Å².